The lowest BCUT2D eigenvalue weighted by Crippen LogP contribution is -2.37. The van der Waals surface area contributed by atoms with Crippen LogP contribution in [-0.4, -0.2) is 34.2 Å². The van der Waals surface area contributed by atoms with Gasteiger partial charge in [-0.25, -0.2) is 0 Å². The molecule has 2 heterocycles. The predicted molar refractivity (Wildman–Crippen MR) is 100 cm³/mol. The summed E-state index contributed by atoms with van der Waals surface area (Å²) in [6.07, 6.45) is 1.54. The standard InChI is InChI=1S/C21H15N3O3/c25-19(13-24-20(26)16-8-4-5-9-17(16)21(24)27)23-15-10-11-18(22-12-15)14-6-2-1-3-7-14/h1-12H,13H2,(H,23,25). The Morgan fingerprint density at radius 1 is 0.852 bits per heavy atom. The molecule has 1 N–H and O–H groups in total. The van der Waals surface area contributed by atoms with Crippen molar-refractivity contribution < 1.29 is 14.4 Å². The number of anilines is 1. The zero-order valence-corrected chi connectivity index (χ0v) is 14.3. The second-order valence-electron chi connectivity index (χ2n) is 6.09. The lowest BCUT2D eigenvalue weighted by Gasteiger charge is -2.13. The van der Waals surface area contributed by atoms with E-state index in [1.165, 1.54) is 0 Å². The van der Waals surface area contributed by atoms with E-state index in [2.05, 4.69) is 10.3 Å². The van der Waals surface area contributed by atoms with Gasteiger partial charge in [0.05, 0.1) is 28.7 Å². The summed E-state index contributed by atoms with van der Waals surface area (Å²) >= 11 is 0. The first-order valence-corrected chi connectivity index (χ1v) is 8.40. The van der Waals surface area contributed by atoms with Gasteiger partial charge in [-0.2, -0.15) is 0 Å². The lowest BCUT2D eigenvalue weighted by atomic mass is 10.1. The van der Waals surface area contributed by atoms with Crippen LogP contribution in [0.2, 0.25) is 0 Å². The molecule has 4 rings (SSSR count). The molecule has 132 valence electrons. The molecule has 0 radical (unpaired) electrons. The number of hydrogen-bond donors (Lipinski definition) is 1. The fourth-order valence-electron chi connectivity index (χ4n) is 2.97. The van der Waals surface area contributed by atoms with Crippen molar-refractivity contribution in [1.29, 1.82) is 0 Å². The number of aromatic nitrogens is 1. The highest BCUT2D eigenvalue weighted by molar-refractivity contribution is 6.22. The van der Waals surface area contributed by atoms with Crippen molar-refractivity contribution in [3.8, 4) is 11.3 Å². The van der Waals surface area contributed by atoms with Crippen LogP contribution in [-0.2, 0) is 4.79 Å². The van der Waals surface area contributed by atoms with Gasteiger partial charge in [0.2, 0.25) is 5.91 Å². The van der Waals surface area contributed by atoms with Gasteiger partial charge in [0.15, 0.2) is 0 Å². The minimum Gasteiger partial charge on any atom is -0.323 e. The number of imide groups is 1. The van der Waals surface area contributed by atoms with Gasteiger partial charge in [-0.3, -0.25) is 24.3 Å². The highest BCUT2D eigenvalue weighted by atomic mass is 16.2. The van der Waals surface area contributed by atoms with Gasteiger partial charge in [0.1, 0.15) is 6.54 Å². The maximum atomic E-state index is 12.3. The van der Waals surface area contributed by atoms with Crippen LogP contribution in [0.4, 0.5) is 5.69 Å². The number of fused-ring (bicyclic) bond motifs is 1. The minimum absolute atomic E-state index is 0.323. The van der Waals surface area contributed by atoms with Crippen LogP contribution in [0.15, 0.2) is 72.9 Å². The molecule has 6 nitrogen and oxygen atoms in total. The minimum atomic E-state index is -0.459. The summed E-state index contributed by atoms with van der Waals surface area (Å²) in [6.45, 7) is -0.340. The molecule has 0 aliphatic carbocycles. The molecule has 0 atom stereocenters. The van der Waals surface area contributed by atoms with Gasteiger partial charge in [0.25, 0.3) is 11.8 Å². The van der Waals surface area contributed by atoms with Crippen molar-refractivity contribution in [1.82, 2.24) is 9.88 Å². The third-order valence-electron chi connectivity index (χ3n) is 4.30. The SMILES string of the molecule is O=C(CN1C(=O)c2ccccc2C1=O)Nc1ccc(-c2ccccc2)nc1. The largest absolute Gasteiger partial charge is 0.323 e. The monoisotopic (exact) mass is 357 g/mol. The molecule has 3 aromatic rings. The fourth-order valence-corrected chi connectivity index (χ4v) is 2.97. The maximum absolute atomic E-state index is 12.3. The van der Waals surface area contributed by atoms with E-state index in [9.17, 15) is 14.4 Å². The molecule has 6 heteroatoms. The molecule has 1 aliphatic rings. The van der Waals surface area contributed by atoms with Crippen LogP contribution in [0.3, 0.4) is 0 Å². The molecular formula is C21H15N3O3. The molecule has 0 saturated heterocycles. The Labute approximate surface area is 155 Å². The van der Waals surface area contributed by atoms with Gasteiger partial charge in [0, 0.05) is 5.56 Å². The second-order valence-corrected chi connectivity index (χ2v) is 6.09. The normalized spacial score (nSPS) is 12.8. The van der Waals surface area contributed by atoms with Crippen molar-refractivity contribution in [2.75, 3.05) is 11.9 Å². The number of benzene rings is 2. The molecular weight excluding hydrogens is 342 g/mol. The van der Waals surface area contributed by atoms with Crippen molar-refractivity contribution in [3.05, 3.63) is 84.1 Å². The molecule has 0 saturated carbocycles. The zero-order valence-electron chi connectivity index (χ0n) is 14.3. The summed E-state index contributed by atoms with van der Waals surface area (Å²) < 4.78 is 0. The maximum Gasteiger partial charge on any atom is 0.262 e. The van der Waals surface area contributed by atoms with E-state index in [4.69, 9.17) is 0 Å². The van der Waals surface area contributed by atoms with Crippen LogP contribution in [0.1, 0.15) is 20.7 Å². The molecule has 0 bridgehead atoms. The van der Waals surface area contributed by atoms with Crippen molar-refractivity contribution >= 4 is 23.4 Å². The van der Waals surface area contributed by atoms with E-state index in [-0.39, 0.29) is 6.54 Å². The Balaban J connectivity index is 1.43. The predicted octanol–water partition coefficient (Wildman–Crippen LogP) is 2.98. The molecule has 1 aliphatic heterocycles. The first-order chi connectivity index (χ1) is 13.1. The van der Waals surface area contributed by atoms with Crippen molar-refractivity contribution in [2.45, 2.75) is 0 Å². The molecule has 3 amide bonds. The van der Waals surface area contributed by atoms with Crippen LogP contribution in [0.25, 0.3) is 11.3 Å². The highest BCUT2D eigenvalue weighted by Crippen LogP contribution is 2.22. The quantitative estimate of drug-likeness (QED) is 0.728. The van der Waals surface area contributed by atoms with E-state index in [0.29, 0.717) is 16.8 Å². The topological polar surface area (TPSA) is 79.4 Å². The van der Waals surface area contributed by atoms with Crippen LogP contribution >= 0.6 is 0 Å². The molecule has 27 heavy (non-hydrogen) atoms. The fraction of sp³-hybridized carbons (Fsp3) is 0.0476. The summed E-state index contributed by atoms with van der Waals surface area (Å²) in [4.78, 5) is 42.2. The van der Waals surface area contributed by atoms with Crippen LogP contribution < -0.4 is 5.32 Å². The number of nitrogens with zero attached hydrogens (tertiary/aromatic N) is 2. The van der Waals surface area contributed by atoms with Crippen molar-refractivity contribution in [3.63, 3.8) is 0 Å². The third kappa shape index (κ3) is 3.20. The Morgan fingerprint density at radius 3 is 2.07 bits per heavy atom. The number of rotatable bonds is 4. The van der Waals surface area contributed by atoms with E-state index < -0.39 is 17.7 Å². The van der Waals surface area contributed by atoms with Gasteiger partial charge in [-0.1, -0.05) is 42.5 Å². The average molecular weight is 357 g/mol. The lowest BCUT2D eigenvalue weighted by molar-refractivity contribution is -0.116. The Hall–Kier alpha value is -3.80. The first kappa shape index (κ1) is 16.7. The van der Waals surface area contributed by atoms with Gasteiger partial charge in [-0.05, 0) is 24.3 Å². The first-order valence-electron chi connectivity index (χ1n) is 8.40. The van der Waals surface area contributed by atoms with Gasteiger partial charge >= 0.3 is 0 Å². The summed E-state index contributed by atoms with van der Waals surface area (Å²) in [5.74, 6) is -1.37. The molecule has 1 aromatic heterocycles. The number of hydrogen-bond acceptors (Lipinski definition) is 4. The molecule has 0 unspecified atom stereocenters. The second kappa shape index (κ2) is 6.84. The van der Waals surface area contributed by atoms with E-state index >= 15 is 0 Å². The van der Waals surface area contributed by atoms with Crippen LogP contribution in [0, 0.1) is 0 Å². The number of carbonyl (C=O) groups is 3. The van der Waals surface area contributed by atoms with E-state index in [1.54, 1.807) is 42.6 Å². The number of amides is 3. The van der Waals surface area contributed by atoms with Gasteiger partial charge in [-0.15, -0.1) is 0 Å². The summed E-state index contributed by atoms with van der Waals surface area (Å²) in [5.41, 5.74) is 2.90. The third-order valence-corrected chi connectivity index (χ3v) is 4.30. The Kier molecular flexibility index (Phi) is 4.22. The van der Waals surface area contributed by atoms with Crippen molar-refractivity contribution in [2.24, 2.45) is 0 Å². The number of pyridine rings is 1. The zero-order chi connectivity index (χ0) is 18.8. The number of nitrogens with one attached hydrogen (secondary N) is 1. The Bertz CT molecular complexity index is 995. The van der Waals surface area contributed by atoms with E-state index in [1.807, 2.05) is 30.3 Å². The summed E-state index contributed by atoms with van der Waals surface area (Å²) in [5, 5.41) is 2.67. The van der Waals surface area contributed by atoms with E-state index in [0.717, 1.165) is 16.2 Å². The Morgan fingerprint density at radius 2 is 1.48 bits per heavy atom. The summed E-state index contributed by atoms with van der Waals surface area (Å²) in [7, 11) is 0. The highest BCUT2D eigenvalue weighted by Gasteiger charge is 2.36. The molecule has 0 spiro atoms. The molecule has 0 fully saturated rings. The average Bonchev–Trinajstić information content (AvgIpc) is 2.94. The van der Waals surface area contributed by atoms with Crippen LogP contribution in [0.5, 0.6) is 0 Å². The molecule has 2 aromatic carbocycles. The smallest absolute Gasteiger partial charge is 0.262 e. The van der Waals surface area contributed by atoms with Gasteiger partial charge < -0.3 is 5.32 Å². The summed E-state index contributed by atoms with van der Waals surface area (Å²) in [6, 6.07) is 19.7. The number of carbonyl (C=O) groups excluding carboxylic acids is 3.